The lowest BCUT2D eigenvalue weighted by molar-refractivity contribution is 0.342. The number of benzene rings is 1. The standard InChI is InChI=1S/C38H59NP2/c1-39(2)38(35-27-17-29-37(35)41(32-22-11-5-12-23-32)33-24-13-6-14-25-33)34-26-15-16-28-36(34)40(30-18-7-3-8-19-30)31-20-9-4-10-21-31/h15-17,26-28,30-33,38H,3-14,18-25,29H2,1-2H3/t38-/m0/s1. The van der Waals surface area contributed by atoms with Gasteiger partial charge in [0.15, 0.2) is 0 Å². The van der Waals surface area contributed by atoms with Crippen molar-refractivity contribution >= 4 is 21.1 Å². The summed E-state index contributed by atoms with van der Waals surface area (Å²) in [5.74, 6) is 0. The Labute approximate surface area is 255 Å². The molecule has 0 radical (unpaired) electrons. The van der Waals surface area contributed by atoms with Gasteiger partial charge in [-0.05, 0) is 116 Å². The van der Waals surface area contributed by atoms with Gasteiger partial charge < -0.3 is 0 Å². The van der Waals surface area contributed by atoms with Crippen LogP contribution in [0.2, 0.25) is 0 Å². The second-order valence-electron chi connectivity index (χ2n) is 14.4. The number of allylic oxidation sites excluding steroid dienone is 2. The molecule has 0 unspecified atom stereocenters. The molecular formula is C38H59NP2. The van der Waals surface area contributed by atoms with Crippen molar-refractivity contribution in [2.75, 3.05) is 14.1 Å². The van der Waals surface area contributed by atoms with Gasteiger partial charge in [-0.1, -0.05) is 129 Å². The molecule has 6 rings (SSSR count). The highest BCUT2D eigenvalue weighted by Gasteiger charge is 2.39. The third-order valence-corrected chi connectivity index (χ3v) is 18.7. The predicted octanol–water partition coefficient (Wildman–Crippen LogP) is 11.4. The molecule has 1 atom stereocenters. The van der Waals surface area contributed by atoms with E-state index in [4.69, 9.17) is 0 Å². The van der Waals surface area contributed by atoms with Crippen LogP contribution in [0.25, 0.3) is 0 Å². The van der Waals surface area contributed by atoms with Crippen LogP contribution in [0.5, 0.6) is 0 Å². The fraction of sp³-hybridized carbons (Fsp3) is 0.737. The van der Waals surface area contributed by atoms with E-state index in [1.165, 1.54) is 135 Å². The lowest BCUT2D eigenvalue weighted by atomic mass is 9.98. The van der Waals surface area contributed by atoms with Gasteiger partial charge in [-0.3, -0.25) is 4.90 Å². The summed E-state index contributed by atoms with van der Waals surface area (Å²) in [7, 11) is 4.64. The van der Waals surface area contributed by atoms with Crippen molar-refractivity contribution in [3.63, 3.8) is 0 Å². The minimum absolute atomic E-state index is 0.0385. The summed E-state index contributed by atoms with van der Waals surface area (Å²) in [6.07, 6.45) is 36.2. The molecule has 0 amide bonds. The molecule has 0 heterocycles. The topological polar surface area (TPSA) is 3.24 Å². The van der Waals surface area contributed by atoms with Crippen LogP contribution >= 0.6 is 15.8 Å². The first-order chi connectivity index (χ1) is 20.2. The first kappa shape index (κ1) is 30.5. The van der Waals surface area contributed by atoms with Crippen LogP contribution in [0.1, 0.15) is 146 Å². The highest BCUT2D eigenvalue weighted by Crippen LogP contribution is 2.65. The van der Waals surface area contributed by atoms with Gasteiger partial charge in [0.25, 0.3) is 0 Å². The summed E-state index contributed by atoms with van der Waals surface area (Å²) >= 11 is 0. The summed E-state index contributed by atoms with van der Waals surface area (Å²) in [5.41, 5.74) is 7.34. The fourth-order valence-electron chi connectivity index (χ4n) is 9.56. The molecule has 0 aliphatic heterocycles. The van der Waals surface area contributed by atoms with Crippen molar-refractivity contribution in [2.24, 2.45) is 0 Å². The summed E-state index contributed by atoms with van der Waals surface area (Å²) in [6, 6.07) is 10.4. The van der Waals surface area contributed by atoms with Crippen molar-refractivity contribution in [3.8, 4) is 0 Å². The van der Waals surface area contributed by atoms with Crippen LogP contribution in [0.4, 0.5) is 0 Å². The average Bonchev–Trinajstić information content (AvgIpc) is 3.49. The van der Waals surface area contributed by atoms with Crippen LogP contribution in [0.15, 0.2) is 47.3 Å². The molecule has 41 heavy (non-hydrogen) atoms. The highest BCUT2D eigenvalue weighted by atomic mass is 31.1. The van der Waals surface area contributed by atoms with E-state index in [2.05, 4.69) is 55.4 Å². The Morgan fingerprint density at radius 2 is 1.02 bits per heavy atom. The summed E-state index contributed by atoms with van der Waals surface area (Å²) < 4.78 is 0. The zero-order valence-corrected chi connectivity index (χ0v) is 28.3. The van der Waals surface area contributed by atoms with E-state index in [1.807, 2.05) is 10.6 Å². The van der Waals surface area contributed by atoms with Gasteiger partial charge >= 0.3 is 0 Å². The van der Waals surface area contributed by atoms with E-state index in [0.717, 1.165) is 22.6 Å². The van der Waals surface area contributed by atoms with Crippen LogP contribution < -0.4 is 5.30 Å². The molecule has 1 aromatic carbocycles. The summed E-state index contributed by atoms with van der Waals surface area (Å²) in [6.45, 7) is 0. The van der Waals surface area contributed by atoms with E-state index in [9.17, 15) is 0 Å². The maximum atomic E-state index is 2.63. The molecular weight excluding hydrogens is 532 g/mol. The smallest absolute Gasteiger partial charge is 0.0606 e. The van der Waals surface area contributed by atoms with Crippen LogP contribution in [-0.2, 0) is 0 Å². The van der Waals surface area contributed by atoms with Gasteiger partial charge in [0.05, 0.1) is 6.04 Å². The van der Waals surface area contributed by atoms with E-state index in [1.54, 1.807) is 11.1 Å². The molecule has 4 saturated carbocycles. The second-order valence-corrected chi connectivity index (χ2v) is 20.0. The zero-order valence-electron chi connectivity index (χ0n) is 26.5. The Morgan fingerprint density at radius 3 is 1.49 bits per heavy atom. The highest BCUT2D eigenvalue weighted by molar-refractivity contribution is 7.67. The molecule has 0 N–H and O–H groups in total. The van der Waals surface area contributed by atoms with Gasteiger partial charge in [0, 0.05) is 0 Å². The number of hydrogen-bond acceptors (Lipinski definition) is 1. The predicted molar refractivity (Wildman–Crippen MR) is 185 cm³/mol. The number of hydrogen-bond donors (Lipinski definition) is 0. The lowest BCUT2D eigenvalue weighted by Gasteiger charge is -2.42. The Hall–Kier alpha value is -0.480. The maximum absolute atomic E-state index is 2.63. The van der Waals surface area contributed by atoms with Crippen molar-refractivity contribution < 1.29 is 0 Å². The minimum Gasteiger partial charge on any atom is -0.299 e. The SMILES string of the molecule is CN(C)[C@H](C1=C(P(C2CCCCC2)C2CCCCC2)CC=C1)c1ccccc1P(C1CCCCC1)C1CCCCC1. The molecule has 1 nitrogen and oxygen atoms in total. The lowest BCUT2D eigenvalue weighted by Crippen LogP contribution is -2.32. The molecule has 0 aromatic heterocycles. The normalized spacial score (nSPS) is 25.2. The van der Waals surface area contributed by atoms with E-state index in [0.29, 0.717) is 6.04 Å². The first-order valence-electron chi connectivity index (χ1n) is 17.9. The quantitative estimate of drug-likeness (QED) is 0.258. The molecule has 3 heteroatoms. The fourth-order valence-corrected chi connectivity index (χ4v) is 17.7. The number of likely N-dealkylation sites (N-methyl/N-ethyl adjacent to an activating group) is 1. The van der Waals surface area contributed by atoms with Gasteiger partial charge in [0.1, 0.15) is 0 Å². The average molecular weight is 592 g/mol. The third kappa shape index (κ3) is 7.10. The maximum Gasteiger partial charge on any atom is 0.0606 e. The van der Waals surface area contributed by atoms with Gasteiger partial charge in [-0.2, -0.15) is 0 Å². The second kappa shape index (κ2) is 15.0. The molecule has 4 fully saturated rings. The van der Waals surface area contributed by atoms with Crippen LogP contribution in [0.3, 0.4) is 0 Å². The molecule has 1 aromatic rings. The van der Waals surface area contributed by atoms with Gasteiger partial charge in [-0.15, -0.1) is 0 Å². The Bertz CT molecular complexity index is 982. The van der Waals surface area contributed by atoms with Crippen molar-refractivity contribution in [2.45, 2.75) is 164 Å². The molecule has 0 saturated heterocycles. The van der Waals surface area contributed by atoms with E-state index < -0.39 is 0 Å². The monoisotopic (exact) mass is 591 g/mol. The number of nitrogens with zero attached hydrogens (tertiary/aromatic N) is 1. The Morgan fingerprint density at radius 1 is 0.585 bits per heavy atom. The summed E-state index contributed by atoms with van der Waals surface area (Å²) in [4.78, 5) is 2.62. The Kier molecular flexibility index (Phi) is 11.2. The van der Waals surface area contributed by atoms with Crippen LogP contribution in [-0.4, -0.2) is 41.6 Å². The van der Waals surface area contributed by atoms with Gasteiger partial charge in [0.2, 0.25) is 0 Å². The molecule has 226 valence electrons. The number of rotatable bonds is 9. The van der Waals surface area contributed by atoms with Crippen molar-refractivity contribution in [1.29, 1.82) is 0 Å². The Balaban J connectivity index is 1.41. The molecule has 5 aliphatic carbocycles. The van der Waals surface area contributed by atoms with Crippen LogP contribution in [0, 0.1) is 0 Å². The van der Waals surface area contributed by atoms with Crippen molar-refractivity contribution in [1.82, 2.24) is 4.90 Å². The van der Waals surface area contributed by atoms with E-state index >= 15 is 0 Å². The largest absolute Gasteiger partial charge is 0.299 e. The first-order valence-corrected chi connectivity index (χ1v) is 20.9. The van der Waals surface area contributed by atoms with Crippen molar-refractivity contribution in [3.05, 3.63) is 52.9 Å². The summed E-state index contributed by atoms with van der Waals surface area (Å²) in [5, 5.41) is 3.75. The molecule has 5 aliphatic rings. The minimum atomic E-state index is -0.106. The zero-order chi connectivity index (χ0) is 28.0. The molecule has 0 bridgehead atoms. The molecule has 0 spiro atoms. The van der Waals surface area contributed by atoms with E-state index in [-0.39, 0.29) is 15.8 Å². The van der Waals surface area contributed by atoms with Gasteiger partial charge in [-0.25, -0.2) is 0 Å². The third-order valence-electron chi connectivity index (χ3n) is 11.4.